The predicted octanol–water partition coefficient (Wildman–Crippen LogP) is 0.766. The summed E-state index contributed by atoms with van der Waals surface area (Å²) in [6, 6.07) is 1.99. The van der Waals surface area contributed by atoms with Crippen molar-refractivity contribution in [3.63, 3.8) is 0 Å². The van der Waals surface area contributed by atoms with Crippen molar-refractivity contribution in [2.24, 2.45) is 14.1 Å². The second kappa shape index (κ2) is 3.53. The Bertz CT molecular complexity index is 414. The Hall–Kier alpha value is -1.78. The molecular weight excluding hydrogens is 178 g/mol. The highest BCUT2D eigenvalue weighted by Gasteiger charge is 1.99. The maximum absolute atomic E-state index is 4.09. The van der Waals surface area contributed by atoms with E-state index in [-0.39, 0.29) is 0 Å². The van der Waals surface area contributed by atoms with E-state index in [1.54, 1.807) is 17.1 Å². The molecule has 0 saturated carbocycles. The van der Waals surface area contributed by atoms with Gasteiger partial charge in [0.25, 0.3) is 0 Å². The first-order chi connectivity index (χ1) is 6.75. The van der Waals surface area contributed by atoms with Crippen LogP contribution in [0.1, 0.15) is 5.69 Å². The van der Waals surface area contributed by atoms with Gasteiger partial charge < -0.3 is 5.32 Å². The molecule has 0 spiro atoms. The summed E-state index contributed by atoms with van der Waals surface area (Å²) in [4.78, 5) is 0. The maximum Gasteiger partial charge on any atom is 0.0729 e. The molecular formula is C9H13N5. The zero-order valence-corrected chi connectivity index (χ0v) is 8.31. The third kappa shape index (κ3) is 1.76. The molecule has 0 amide bonds. The molecule has 1 N–H and O–H groups in total. The van der Waals surface area contributed by atoms with Crippen LogP contribution >= 0.6 is 0 Å². The molecule has 0 radical (unpaired) electrons. The van der Waals surface area contributed by atoms with Crippen LogP contribution in [0.15, 0.2) is 24.7 Å². The molecule has 2 rings (SSSR count). The number of rotatable bonds is 3. The molecule has 0 atom stereocenters. The summed E-state index contributed by atoms with van der Waals surface area (Å²) in [5.74, 6) is 0. The van der Waals surface area contributed by atoms with Gasteiger partial charge in [-0.1, -0.05) is 0 Å². The Kier molecular flexibility index (Phi) is 2.22. The summed E-state index contributed by atoms with van der Waals surface area (Å²) in [7, 11) is 3.83. The normalized spacial score (nSPS) is 10.4. The van der Waals surface area contributed by atoms with Crippen LogP contribution in [0.2, 0.25) is 0 Å². The van der Waals surface area contributed by atoms with Gasteiger partial charge in [-0.25, -0.2) is 0 Å². The second-order valence-corrected chi connectivity index (χ2v) is 3.20. The van der Waals surface area contributed by atoms with E-state index < -0.39 is 0 Å². The molecule has 74 valence electrons. The molecule has 0 unspecified atom stereocenters. The monoisotopic (exact) mass is 191 g/mol. The quantitative estimate of drug-likeness (QED) is 0.779. The van der Waals surface area contributed by atoms with Gasteiger partial charge >= 0.3 is 0 Å². The minimum atomic E-state index is 0.766. The minimum Gasteiger partial charge on any atom is -0.377 e. The molecule has 0 aromatic carbocycles. The molecule has 0 aliphatic carbocycles. The van der Waals surface area contributed by atoms with Gasteiger partial charge in [0.1, 0.15) is 0 Å². The lowest BCUT2D eigenvalue weighted by atomic mass is 10.4. The molecule has 0 bridgehead atoms. The van der Waals surface area contributed by atoms with Crippen LogP contribution in [0.4, 0.5) is 5.69 Å². The van der Waals surface area contributed by atoms with E-state index in [0.717, 1.165) is 17.9 Å². The zero-order valence-electron chi connectivity index (χ0n) is 8.31. The highest BCUT2D eigenvalue weighted by atomic mass is 15.3. The molecule has 2 aromatic heterocycles. The first kappa shape index (κ1) is 8.80. The summed E-state index contributed by atoms with van der Waals surface area (Å²) < 4.78 is 3.62. The third-order valence-electron chi connectivity index (χ3n) is 2.10. The largest absolute Gasteiger partial charge is 0.377 e. The van der Waals surface area contributed by atoms with Gasteiger partial charge in [-0.15, -0.1) is 0 Å². The molecule has 0 aliphatic heterocycles. The van der Waals surface area contributed by atoms with Crippen LogP contribution in [0.3, 0.4) is 0 Å². The average Bonchev–Trinajstić information content (AvgIpc) is 2.72. The fraction of sp³-hybridized carbons (Fsp3) is 0.333. The van der Waals surface area contributed by atoms with Crippen molar-refractivity contribution >= 4 is 5.69 Å². The summed E-state index contributed by atoms with van der Waals surface area (Å²) in [6.45, 7) is 0.766. The van der Waals surface area contributed by atoms with Crippen molar-refractivity contribution in [1.29, 1.82) is 0 Å². The lowest BCUT2D eigenvalue weighted by Crippen LogP contribution is -2.04. The molecule has 0 aliphatic rings. The maximum atomic E-state index is 4.09. The number of aromatic nitrogens is 4. The van der Waals surface area contributed by atoms with Gasteiger partial charge in [0.15, 0.2) is 0 Å². The smallest absolute Gasteiger partial charge is 0.0729 e. The highest BCUT2D eigenvalue weighted by molar-refractivity contribution is 5.38. The first-order valence-electron chi connectivity index (χ1n) is 4.45. The van der Waals surface area contributed by atoms with Gasteiger partial charge in [0, 0.05) is 26.5 Å². The predicted molar refractivity (Wildman–Crippen MR) is 53.7 cm³/mol. The molecule has 2 heterocycles. The molecule has 0 fully saturated rings. The van der Waals surface area contributed by atoms with Crippen LogP contribution in [-0.2, 0) is 20.6 Å². The Labute approximate surface area is 82.3 Å². The van der Waals surface area contributed by atoms with Crippen molar-refractivity contribution in [1.82, 2.24) is 19.6 Å². The number of nitrogens with one attached hydrogen (secondary N) is 1. The summed E-state index contributed by atoms with van der Waals surface area (Å²) >= 11 is 0. The van der Waals surface area contributed by atoms with Crippen LogP contribution in [0.5, 0.6) is 0 Å². The van der Waals surface area contributed by atoms with Crippen molar-refractivity contribution in [3.05, 3.63) is 30.4 Å². The standard InChI is InChI=1S/C9H13N5/c1-13-7-8(5-12-13)10-6-9-3-4-11-14(9)2/h3-5,7,10H,6H2,1-2H3. The Morgan fingerprint density at radius 1 is 1.36 bits per heavy atom. The number of aryl methyl sites for hydroxylation is 2. The number of nitrogens with zero attached hydrogens (tertiary/aromatic N) is 4. The molecule has 0 saturated heterocycles. The lowest BCUT2D eigenvalue weighted by molar-refractivity contribution is 0.720. The van der Waals surface area contributed by atoms with Crippen molar-refractivity contribution < 1.29 is 0 Å². The molecule has 2 aromatic rings. The van der Waals surface area contributed by atoms with E-state index in [4.69, 9.17) is 0 Å². The van der Waals surface area contributed by atoms with E-state index >= 15 is 0 Å². The number of hydrogen-bond donors (Lipinski definition) is 1. The topological polar surface area (TPSA) is 47.7 Å². The van der Waals surface area contributed by atoms with E-state index in [0.29, 0.717) is 0 Å². The Morgan fingerprint density at radius 2 is 2.21 bits per heavy atom. The average molecular weight is 191 g/mol. The zero-order chi connectivity index (χ0) is 9.97. The third-order valence-corrected chi connectivity index (χ3v) is 2.10. The van der Waals surface area contributed by atoms with Crippen LogP contribution in [-0.4, -0.2) is 19.6 Å². The van der Waals surface area contributed by atoms with Gasteiger partial charge in [-0.2, -0.15) is 10.2 Å². The fourth-order valence-corrected chi connectivity index (χ4v) is 1.28. The van der Waals surface area contributed by atoms with Crippen molar-refractivity contribution in [2.45, 2.75) is 6.54 Å². The van der Waals surface area contributed by atoms with Gasteiger partial charge in [0.2, 0.25) is 0 Å². The van der Waals surface area contributed by atoms with E-state index in [1.807, 2.05) is 31.0 Å². The lowest BCUT2D eigenvalue weighted by Gasteiger charge is -2.03. The van der Waals surface area contributed by atoms with Crippen LogP contribution in [0, 0.1) is 0 Å². The number of hydrogen-bond acceptors (Lipinski definition) is 3. The molecule has 14 heavy (non-hydrogen) atoms. The minimum absolute atomic E-state index is 0.766. The molecule has 5 heteroatoms. The van der Waals surface area contributed by atoms with Crippen LogP contribution < -0.4 is 5.32 Å². The Morgan fingerprint density at radius 3 is 2.79 bits per heavy atom. The highest BCUT2D eigenvalue weighted by Crippen LogP contribution is 2.06. The van der Waals surface area contributed by atoms with Crippen molar-refractivity contribution in [2.75, 3.05) is 5.32 Å². The van der Waals surface area contributed by atoms with E-state index in [9.17, 15) is 0 Å². The van der Waals surface area contributed by atoms with Crippen LogP contribution in [0.25, 0.3) is 0 Å². The second-order valence-electron chi connectivity index (χ2n) is 3.20. The van der Waals surface area contributed by atoms with E-state index in [1.165, 1.54) is 0 Å². The van der Waals surface area contributed by atoms with Crippen molar-refractivity contribution in [3.8, 4) is 0 Å². The first-order valence-corrected chi connectivity index (χ1v) is 4.45. The SMILES string of the molecule is Cn1cc(NCc2ccnn2C)cn1. The fourth-order valence-electron chi connectivity index (χ4n) is 1.28. The van der Waals surface area contributed by atoms with E-state index in [2.05, 4.69) is 15.5 Å². The summed E-state index contributed by atoms with van der Waals surface area (Å²) in [5.41, 5.74) is 2.17. The van der Waals surface area contributed by atoms with Gasteiger partial charge in [-0.05, 0) is 6.07 Å². The summed E-state index contributed by atoms with van der Waals surface area (Å²) in [5, 5.41) is 11.4. The van der Waals surface area contributed by atoms with Gasteiger partial charge in [-0.3, -0.25) is 9.36 Å². The molecule has 5 nitrogen and oxygen atoms in total. The number of anilines is 1. The van der Waals surface area contributed by atoms with Gasteiger partial charge in [0.05, 0.1) is 24.1 Å². The summed E-state index contributed by atoms with van der Waals surface area (Å²) in [6.07, 6.45) is 5.53. The Balaban J connectivity index is 1.98.